The minimum Gasteiger partial charge on any atom is -0.491 e. The summed E-state index contributed by atoms with van der Waals surface area (Å²) in [7, 11) is -1.83. The van der Waals surface area contributed by atoms with Gasteiger partial charge in [-0.1, -0.05) is 30.3 Å². The van der Waals surface area contributed by atoms with Gasteiger partial charge in [0.25, 0.3) is 0 Å². The standard InChI is InChI=1S/C23H22N4O4S/c1-26-15-25-12-21(26)22(28)20-9-17(11-24)8-18-10-19(14-31-23(18)20)27(32(2,29)30)13-16-6-4-3-5-7-16/h3-9,12,15,19H,10,13-14H2,1-2H3. The van der Waals surface area contributed by atoms with Crippen LogP contribution in [0.1, 0.15) is 32.7 Å². The lowest BCUT2D eigenvalue weighted by Gasteiger charge is -2.34. The van der Waals surface area contributed by atoms with Crippen molar-refractivity contribution in [3.63, 3.8) is 0 Å². The molecule has 0 fully saturated rings. The molecule has 0 spiro atoms. The summed E-state index contributed by atoms with van der Waals surface area (Å²) in [4.78, 5) is 17.1. The van der Waals surface area contributed by atoms with Crippen LogP contribution in [0.15, 0.2) is 55.0 Å². The first-order valence-electron chi connectivity index (χ1n) is 9.99. The largest absolute Gasteiger partial charge is 0.491 e. The number of benzene rings is 2. The first-order valence-corrected chi connectivity index (χ1v) is 11.8. The van der Waals surface area contributed by atoms with E-state index in [2.05, 4.69) is 11.1 Å². The number of rotatable bonds is 6. The second-order valence-corrected chi connectivity index (χ2v) is 9.74. The summed E-state index contributed by atoms with van der Waals surface area (Å²) in [6.45, 7) is 0.312. The molecule has 32 heavy (non-hydrogen) atoms. The molecule has 9 heteroatoms. The number of imidazole rings is 1. The van der Waals surface area contributed by atoms with E-state index in [1.807, 2.05) is 30.3 Å². The van der Waals surface area contributed by atoms with Crippen LogP contribution in [0.5, 0.6) is 5.75 Å². The summed E-state index contributed by atoms with van der Waals surface area (Å²) in [5.74, 6) is 0.0840. The van der Waals surface area contributed by atoms with E-state index in [4.69, 9.17) is 4.74 Å². The van der Waals surface area contributed by atoms with Gasteiger partial charge in [-0.15, -0.1) is 0 Å². The summed E-state index contributed by atoms with van der Waals surface area (Å²) in [6.07, 6.45) is 4.49. The van der Waals surface area contributed by atoms with Crippen molar-refractivity contribution < 1.29 is 17.9 Å². The number of hydrogen-bond donors (Lipinski definition) is 0. The highest BCUT2D eigenvalue weighted by atomic mass is 32.2. The van der Waals surface area contributed by atoms with E-state index in [9.17, 15) is 18.5 Å². The number of ether oxygens (including phenoxy) is 1. The Morgan fingerprint density at radius 2 is 2.06 bits per heavy atom. The van der Waals surface area contributed by atoms with E-state index in [1.54, 1.807) is 17.7 Å². The number of ketones is 1. The van der Waals surface area contributed by atoms with Crippen molar-refractivity contribution in [1.82, 2.24) is 13.9 Å². The Labute approximate surface area is 186 Å². The van der Waals surface area contributed by atoms with Gasteiger partial charge in [-0.3, -0.25) is 4.79 Å². The van der Waals surface area contributed by atoms with Crippen LogP contribution in [0.25, 0.3) is 0 Å². The quantitative estimate of drug-likeness (QED) is 0.534. The lowest BCUT2D eigenvalue weighted by atomic mass is 9.94. The fourth-order valence-corrected chi connectivity index (χ4v) is 4.98. The lowest BCUT2D eigenvalue weighted by Crippen LogP contribution is -2.45. The second kappa shape index (κ2) is 8.57. The number of fused-ring (bicyclic) bond motifs is 1. The van der Waals surface area contributed by atoms with Crippen molar-refractivity contribution in [2.75, 3.05) is 12.9 Å². The molecule has 0 bridgehead atoms. The summed E-state index contributed by atoms with van der Waals surface area (Å²) >= 11 is 0. The van der Waals surface area contributed by atoms with Crippen molar-refractivity contribution >= 4 is 15.8 Å². The number of carbonyl (C=O) groups is 1. The van der Waals surface area contributed by atoms with E-state index in [0.29, 0.717) is 29.0 Å². The van der Waals surface area contributed by atoms with Crippen LogP contribution < -0.4 is 4.74 Å². The number of aryl methyl sites for hydroxylation is 1. The molecule has 0 saturated heterocycles. The molecular formula is C23H22N4O4S. The number of carbonyl (C=O) groups excluding carboxylic acids is 1. The molecule has 8 nitrogen and oxygen atoms in total. The van der Waals surface area contributed by atoms with E-state index >= 15 is 0 Å². The highest BCUT2D eigenvalue weighted by molar-refractivity contribution is 7.88. The zero-order valence-electron chi connectivity index (χ0n) is 17.7. The van der Waals surface area contributed by atoms with Gasteiger partial charge in [0.15, 0.2) is 0 Å². The Morgan fingerprint density at radius 3 is 2.69 bits per heavy atom. The molecule has 1 aliphatic heterocycles. The van der Waals surface area contributed by atoms with E-state index in [0.717, 1.165) is 5.56 Å². The van der Waals surface area contributed by atoms with Crippen LogP contribution in [-0.4, -0.2) is 47.0 Å². The van der Waals surface area contributed by atoms with E-state index in [1.165, 1.54) is 29.2 Å². The lowest BCUT2D eigenvalue weighted by molar-refractivity contribution is 0.102. The van der Waals surface area contributed by atoms with Gasteiger partial charge in [-0.25, -0.2) is 13.4 Å². The number of nitriles is 1. The van der Waals surface area contributed by atoms with E-state index < -0.39 is 16.1 Å². The molecule has 2 aromatic carbocycles. The zero-order chi connectivity index (χ0) is 22.9. The van der Waals surface area contributed by atoms with Gasteiger partial charge in [0.05, 0.1) is 42.0 Å². The van der Waals surface area contributed by atoms with Gasteiger partial charge in [0.2, 0.25) is 15.8 Å². The summed E-state index contributed by atoms with van der Waals surface area (Å²) in [5.41, 5.74) is 2.45. The topological polar surface area (TPSA) is 105 Å². The van der Waals surface area contributed by atoms with Crippen molar-refractivity contribution in [2.45, 2.75) is 19.0 Å². The maximum absolute atomic E-state index is 13.1. The minimum absolute atomic E-state index is 0.102. The van der Waals surface area contributed by atoms with Crippen molar-refractivity contribution in [2.24, 2.45) is 7.05 Å². The number of aromatic nitrogens is 2. The fourth-order valence-electron chi connectivity index (χ4n) is 3.92. The maximum Gasteiger partial charge on any atom is 0.214 e. The highest BCUT2D eigenvalue weighted by Crippen LogP contribution is 2.34. The smallest absolute Gasteiger partial charge is 0.214 e. The van der Waals surface area contributed by atoms with Crippen LogP contribution in [0.4, 0.5) is 0 Å². The third kappa shape index (κ3) is 4.28. The van der Waals surface area contributed by atoms with Gasteiger partial charge >= 0.3 is 0 Å². The summed E-state index contributed by atoms with van der Waals surface area (Å²) < 4.78 is 34.2. The van der Waals surface area contributed by atoms with Gasteiger partial charge in [0, 0.05) is 13.6 Å². The Hall–Kier alpha value is -3.48. The first kappa shape index (κ1) is 21.7. The van der Waals surface area contributed by atoms with Crippen LogP contribution >= 0.6 is 0 Å². The Balaban J connectivity index is 1.70. The molecule has 0 radical (unpaired) electrons. The third-order valence-electron chi connectivity index (χ3n) is 5.48. The molecule has 1 aromatic heterocycles. The number of sulfonamides is 1. The molecule has 1 aliphatic rings. The first-order chi connectivity index (χ1) is 15.3. The zero-order valence-corrected chi connectivity index (χ0v) is 18.5. The number of hydrogen-bond acceptors (Lipinski definition) is 6. The predicted octanol–water partition coefficient (Wildman–Crippen LogP) is 2.29. The molecule has 0 amide bonds. The Kier molecular flexibility index (Phi) is 5.82. The average molecular weight is 451 g/mol. The fraction of sp³-hybridized carbons (Fsp3) is 0.261. The molecular weight excluding hydrogens is 428 g/mol. The van der Waals surface area contributed by atoms with Crippen molar-refractivity contribution in [1.29, 1.82) is 5.26 Å². The molecule has 0 saturated carbocycles. The predicted molar refractivity (Wildman–Crippen MR) is 118 cm³/mol. The van der Waals surface area contributed by atoms with Crippen LogP contribution in [0.2, 0.25) is 0 Å². The minimum atomic E-state index is -3.54. The Bertz CT molecular complexity index is 1310. The van der Waals surface area contributed by atoms with Crippen molar-refractivity contribution in [3.05, 3.63) is 82.9 Å². The summed E-state index contributed by atoms with van der Waals surface area (Å²) in [6, 6.07) is 14.1. The molecule has 2 heterocycles. The molecule has 4 rings (SSSR count). The van der Waals surface area contributed by atoms with Gasteiger partial charge < -0.3 is 9.30 Å². The SMILES string of the molecule is Cn1cncc1C(=O)c1cc(C#N)cc2c1OCC(N(Cc1ccccc1)S(C)(=O)=O)C2. The second-order valence-electron chi connectivity index (χ2n) is 7.81. The molecule has 164 valence electrons. The molecule has 3 aromatic rings. The Morgan fingerprint density at radius 1 is 1.31 bits per heavy atom. The van der Waals surface area contributed by atoms with Crippen molar-refractivity contribution in [3.8, 4) is 11.8 Å². The summed E-state index contributed by atoms with van der Waals surface area (Å²) in [5, 5.41) is 9.50. The number of nitrogens with zero attached hydrogens (tertiary/aromatic N) is 4. The molecule has 0 aliphatic carbocycles. The van der Waals surface area contributed by atoms with Gasteiger partial charge in [0.1, 0.15) is 18.1 Å². The average Bonchev–Trinajstić information content (AvgIpc) is 3.21. The molecule has 1 unspecified atom stereocenters. The maximum atomic E-state index is 13.1. The molecule has 0 N–H and O–H groups in total. The van der Waals surface area contributed by atoms with E-state index in [-0.39, 0.29) is 24.5 Å². The highest BCUT2D eigenvalue weighted by Gasteiger charge is 2.34. The third-order valence-corrected chi connectivity index (χ3v) is 6.76. The normalized spacial score (nSPS) is 15.6. The van der Waals surface area contributed by atoms with Crippen LogP contribution in [0, 0.1) is 11.3 Å². The van der Waals surface area contributed by atoms with Crippen LogP contribution in [0.3, 0.4) is 0 Å². The van der Waals surface area contributed by atoms with Crippen LogP contribution in [-0.2, 0) is 30.0 Å². The van der Waals surface area contributed by atoms with Gasteiger partial charge in [-0.05, 0) is 29.7 Å². The monoisotopic (exact) mass is 450 g/mol. The van der Waals surface area contributed by atoms with Gasteiger partial charge in [-0.2, -0.15) is 9.57 Å². The molecule has 1 atom stereocenters.